The molecule has 0 fully saturated rings. The Morgan fingerprint density at radius 2 is 0.724 bits per heavy atom. The SMILES string of the molecule is c1cc[c]([Sn]([c]2ccccc2)([c]2ccccc2)[c]2ccc3ccccc3c2)cc1. The standard InChI is InChI=1S/C10H7.3C6H5.Sn/c1-2-6-10-8-4-3-7-9(10)5-1;3*1-2-4-6-5-3-1;/h1-3,5-8H;3*1-5H;. The first-order chi connectivity index (χ1) is 14.4. The molecule has 5 rings (SSSR count). The van der Waals surface area contributed by atoms with Gasteiger partial charge in [-0.3, -0.25) is 0 Å². The topological polar surface area (TPSA) is 0 Å². The van der Waals surface area contributed by atoms with Gasteiger partial charge < -0.3 is 0 Å². The molecule has 5 aromatic carbocycles. The molecule has 0 aliphatic carbocycles. The molecule has 0 aliphatic heterocycles. The van der Waals surface area contributed by atoms with Crippen molar-refractivity contribution in [2.45, 2.75) is 0 Å². The van der Waals surface area contributed by atoms with Crippen LogP contribution in [-0.4, -0.2) is 18.4 Å². The normalized spacial score (nSPS) is 11.4. The van der Waals surface area contributed by atoms with Crippen LogP contribution in [0.1, 0.15) is 0 Å². The van der Waals surface area contributed by atoms with Crippen molar-refractivity contribution in [3.63, 3.8) is 0 Å². The zero-order valence-electron chi connectivity index (χ0n) is 16.2. The minimum absolute atomic E-state index is 1.30. The van der Waals surface area contributed by atoms with E-state index >= 15 is 0 Å². The summed E-state index contributed by atoms with van der Waals surface area (Å²) in [5, 5.41) is 2.61. The molecule has 0 radical (unpaired) electrons. The van der Waals surface area contributed by atoms with Crippen molar-refractivity contribution in [3.05, 3.63) is 133 Å². The third-order valence-corrected chi connectivity index (χ3v) is 19.4. The first kappa shape index (κ1) is 18.2. The molecule has 0 aliphatic rings. The van der Waals surface area contributed by atoms with E-state index in [1.807, 2.05) is 0 Å². The molecule has 29 heavy (non-hydrogen) atoms. The van der Waals surface area contributed by atoms with Crippen molar-refractivity contribution in [2.24, 2.45) is 0 Å². The molecule has 0 saturated heterocycles. The molecule has 5 aromatic rings. The van der Waals surface area contributed by atoms with E-state index in [2.05, 4.69) is 133 Å². The van der Waals surface area contributed by atoms with E-state index in [0.29, 0.717) is 0 Å². The Labute approximate surface area is 176 Å². The Balaban J connectivity index is 1.92. The third kappa shape index (κ3) is 3.18. The van der Waals surface area contributed by atoms with Gasteiger partial charge in [0.15, 0.2) is 0 Å². The first-order valence-corrected chi connectivity index (χ1v) is 15.8. The molecule has 0 aromatic heterocycles. The van der Waals surface area contributed by atoms with E-state index in [9.17, 15) is 0 Å². The average molecular weight is 477 g/mol. The Morgan fingerprint density at radius 3 is 1.21 bits per heavy atom. The van der Waals surface area contributed by atoms with Crippen molar-refractivity contribution in [3.8, 4) is 0 Å². The van der Waals surface area contributed by atoms with Crippen LogP contribution in [0.2, 0.25) is 0 Å². The van der Waals surface area contributed by atoms with Gasteiger partial charge in [0.05, 0.1) is 0 Å². The Hall–Kier alpha value is -2.84. The number of benzene rings is 5. The van der Waals surface area contributed by atoms with Gasteiger partial charge in [0, 0.05) is 0 Å². The maximum absolute atomic E-state index is 3.46. The van der Waals surface area contributed by atoms with Crippen molar-refractivity contribution >= 4 is 43.5 Å². The van der Waals surface area contributed by atoms with E-state index in [-0.39, 0.29) is 0 Å². The van der Waals surface area contributed by atoms with Gasteiger partial charge in [-0.05, 0) is 0 Å². The fourth-order valence-corrected chi connectivity index (χ4v) is 18.1. The second-order valence-electron chi connectivity index (χ2n) is 7.41. The van der Waals surface area contributed by atoms with Gasteiger partial charge in [-0.25, -0.2) is 0 Å². The van der Waals surface area contributed by atoms with E-state index in [1.54, 1.807) is 0 Å². The van der Waals surface area contributed by atoms with E-state index in [4.69, 9.17) is 0 Å². The van der Waals surface area contributed by atoms with Crippen LogP contribution in [0.5, 0.6) is 0 Å². The summed E-state index contributed by atoms with van der Waals surface area (Å²) < 4.78 is 5.93. The Morgan fingerprint density at radius 1 is 0.310 bits per heavy atom. The summed E-state index contributed by atoms with van der Waals surface area (Å²) in [5.41, 5.74) is 0. The van der Waals surface area contributed by atoms with Gasteiger partial charge in [-0.15, -0.1) is 0 Å². The van der Waals surface area contributed by atoms with E-state index < -0.39 is 18.4 Å². The summed E-state index contributed by atoms with van der Waals surface area (Å²) in [6, 6.07) is 49.3. The predicted octanol–water partition coefficient (Wildman–Crippen LogP) is 4.22. The second kappa shape index (κ2) is 7.88. The van der Waals surface area contributed by atoms with Gasteiger partial charge in [0.25, 0.3) is 0 Å². The van der Waals surface area contributed by atoms with Crippen molar-refractivity contribution in [1.82, 2.24) is 0 Å². The quantitative estimate of drug-likeness (QED) is 0.341. The monoisotopic (exact) mass is 478 g/mol. The summed E-state index contributed by atoms with van der Waals surface area (Å²) in [7, 11) is 0. The van der Waals surface area contributed by atoms with Crippen LogP contribution >= 0.6 is 0 Å². The molecule has 0 bridgehead atoms. The molecule has 0 unspecified atom stereocenters. The van der Waals surface area contributed by atoms with Gasteiger partial charge >= 0.3 is 177 Å². The van der Waals surface area contributed by atoms with Crippen molar-refractivity contribution in [1.29, 1.82) is 0 Å². The van der Waals surface area contributed by atoms with Crippen LogP contribution < -0.4 is 14.3 Å². The van der Waals surface area contributed by atoms with Gasteiger partial charge in [-0.1, -0.05) is 0 Å². The van der Waals surface area contributed by atoms with Crippen LogP contribution in [0.3, 0.4) is 0 Å². The average Bonchev–Trinajstić information content (AvgIpc) is 2.82. The predicted molar refractivity (Wildman–Crippen MR) is 128 cm³/mol. The van der Waals surface area contributed by atoms with Crippen LogP contribution in [-0.2, 0) is 0 Å². The number of rotatable bonds is 4. The van der Waals surface area contributed by atoms with Crippen molar-refractivity contribution < 1.29 is 0 Å². The summed E-state index contributed by atoms with van der Waals surface area (Å²) in [6.45, 7) is 0. The zero-order chi connectivity index (χ0) is 19.5. The third-order valence-electron chi connectivity index (χ3n) is 5.80. The summed E-state index contributed by atoms with van der Waals surface area (Å²) in [4.78, 5) is 0. The van der Waals surface area contributed by atoms with Gasteiger partial charge in [0.1, 0.15) is 0 Å². The zero-order valence-corrected chi connectivity index (χ0v) is 19.1. The van der Waals surface area contributed by atoms with Crippen LogP contribution in [0, 0.1) is 0 Å². The molecule has 0 atom stereocenters. The molecule has 0 saturated carbocycles. The fourth-order valence-electron chi connectivity index (χ4n) is 4.49. The summed E-state index contributed by atoms with van der Waals surface area (Å²) in [5.74, 6) is 0. The van der Waals surface area contributed by atoms with Crippen LogP contribution in [0.15, 0.2) is 133 Å². The molecule has 0 heterocycles. The van der Waals surface area contributed by atoms with Crippen molar-refractivity contribution in [2.75, 3.05) is 0 Å². The number of hydrogen-bond donors (Lipinski definition) is 0. The molecule has 0 nitrogen and oxygen atoms in total. The van der Waals surface area contributed by atoms with Crippen LogP contribution in [0.25, 0.3) is 10.8 Å². The molecule has 0 amide bonds. The summed E-state index contributed by atoms with van der Waals surface area (Å²) in [6.07, 6.45) is 0. The fraction of sp³-hybridized carbons (Fsp3) is 0. The Kier molecular flexibility index (Phi) is 4.95. The number of hydrogen-bond acceptors (Lipinski definition) is 0. The maximum atomic E-state index is 2.44. The summed E-state index contributed by atoms with van der Waals surface area (Å²) >= 11 is -3.46. The number of fused-ring (bicyclic) bond motifs is 1. The van der Waals surface area contributed by atoms with E-state index in [1.165, 1.54) is 25.1 Å². The Bertz CT molecular complexity index is 1130. The van der Waals surface area contributed by atoms with E-state index in [0.717, 1.165) is 0 Å². The molecule has 0 spiro atoms. The molecular weight excluding hydrogens is 455 g/mol. The first-order valence-electron chi connectivity index (χ1n) is 10.0. The minimum atomic E-state index is -3.46. The second-order valence-corrected chi connectivity index (χ2v) is 18.3. The molecule has 1 heteroatoms. The van der Waals surface area contributed by atoms with Gasteiger partial charge in [-0.2, -0.15) is 0 Å². The molecular formula is C28H22Sn. The molecule has 0 N–H and O–H groups in total. The van der Waals surface area contributed by atoms with Gasteiger partial charge in [0.2, 0.25) is 0 Å². The van der Waals surface area contributed by atoms with Crippen LogP contribution in [0.4, 0.5) is 0 Å². The molecule has 138 valence electrons.